The van der Waals surface area contributed by atoms with Crippen molar-refractivity contribution in [1.82, 2.24) is 9.55 Å². The van der Waals surface area contributed by atoms with E-state index in [9.17, 15) is 9.18 Å². The number of unbranched alkanes of at least 4 members (excludes halogenated alkanes) is 1. The van der Waals surface area contributed by atoms with Gasteiger partial charge in [-0.15, -0.1) is 0 Å². The van der Waals surface area contributed by atoms with Crippen LogP contribution in [0.3, 0.4) is 0 Å². The van der Waals surface area contributed by atoms with Crippen LogP contribution in [0.4, 0.5) is 10.1 Å². The normalized spacial score (nSPS) is 15.7. The van der Waals surface area contributed by atoms with Crippen molar-refractivity contribution in [3.63, 3.8) is 0 Å². The highest BCUT2D eigenvalue weighted by molar-refractivity contribution is 5.96. The monoisotopic (exact) mass is 473 g/mol. The number of anilines is 1. The van der Waals surface area contributed by atoms with Crippen LogP contribution in [0.15, 0.2) is 72.8 Å². The summed E-state index contributed by atoms with van der Waals surface area (Å²) in [4.78, 5) is 19.4. The fourth-order valence-electron chi connectivity index (χ4n) is 4.67. The Balaban J connectivity index is 1.28. The lowest BCUT2D eigenvalue weighted by atomic mass is 10.1. The van der Waals surface area contributed by atoms with Gasteiger partial charge in [0.1, 0.15) is 23.1 Å². The second kappa shape index (κ2) is 10.2. The fourth-order valence-corrected chi connectivity index (χ4v) is 4.67. The Kier molecular flexibility index (Phi) is 6.66. The number of hydrogen-bond acceptors (Lipinski definition) is 4. The van der Waals surface area contributed by atoms with E-state index < -0.39 is 0 Å². The van der Waals surface area contributed by atoms with Gasteiger partial charge in [0.2, 0.25) is 5.91 Å². The number of imidazole rings is 1. The first-order valence-electron chi connectivity index (χ1n) is 11.9. The molecule has 180 valence electrons. The minimum absolute atomic E-state index is 0.00843. The number of ether oxygens (including phenoxy) is 2. The topological polar surface area (TPSA) is 56.6 Å². The van der Waals surface area contributed by atoms with Crippen molar-refractivity contribution in [2.75, 3.05) is 25.2 Å². The summed E-state index contributed by atoms with van der Waals surface area (Å²) in [7, 11) is 1.64. The van der Waals surface area contributed by atoms with E-state index >= 15 is 0 Å². The van der Waals surface area contributed by atoms with Gasteiger partial charge >= 0.3 is 0 Å². The van der Waals surface area contributed by atoms with Crippen LogP contribution in [0.25, 0.3) is 11.0 Å². The van der Waals surface area contributed by atoms with Gasteiger partial charge in [-0.3, -0.25) is 4.79 Å². The second-order valence-corrected chi connectivity index (χ2v) is 8.73. The van der Waals surface area contributed by atoms with Gasteiger partial charge in [-0.2, -0.15) is 0 Å². The Hall–Kier alpha value is -3.87. The highest BCUT2D eigenvalue weighted by Crippen LogP contribution is 2.33. The largest absolute Gasteiger partial charge is 0.497 e. The number of methoxy groups -OCH3 is 1. The Morgan fingerprint density at radius 1 is 1.00 bits per heavy atom. The minimum atomic E-state index is -0.345. The third-order valence-electron chi connectivity index (χ3n) is 6.38. The van der Waals surface area contributed by atoms with Crippen molar-refractivity contribution in [2.45, 2.75) is 31.7 Å². The van der Waals surface area contributed by atoms with Crippen molar-refractivity contribution >= 4 is 22.6 Å². The molecule has 2 heterocycles. The standard InChI is InChI=1S/C28H28FN3O3/c1-34-23-10-7-11-24(18-23)35-15-5-4-14-31-26-13-3-2-12-25(26)30-28(31)20-16-27(33)32(19-20)22-9-6-8-21(29)17-22/h2-3,6-13,17-18,20H,4-5,14-16,19H2,1H3. The molecule has 0 bridgehead atoms. The molecule has 5 rings (SSSR count). The van der Waals surface area contributed by atoms with Crippen LogP contribution in [0, 0.1) is 5.82 Å². The number of nitrogens with zero attached hydrogens (tertiary/aromatic N) is 3. The molecule has 0 spiro atoms. The van der Waals surface area contributed by atoms with Crippen LogP contribution in [0.5, 0.6) is 11.5 Å². The van der Waals surface area contributed by atoms with Gasteiger partial charge in [0.05, 0.1) is 24.8 Å². The first-order valence-corrected chi connectivity index (χ1v) is 11.9. The van der Waals surface area contributed by atoms with E-state index in [4.69, 9.17) is 14.5 Å². The third-order valence-corrected chi connectivity index (χ3v) is 6.38. The first-order chi connectivity index (χ1) is 17.1. The van der Waals surface area contributed by atoms with Crippen molar-refractivity contribution in [1.29, 1.82) is 0 Å². The quantitative estimate of drug-likeness (QED) is 0.299. The molecule has 4 aromatic rings. The molecular weight excluding hydrogens is 445 g/mol. The Labute approximate surface area is 203 Å². The zero-order valence-electron chi connectivity index (χ0n) is 19.7. The summed E-state index contributed by atoms with van der Waals surface area (Å²) in [5.74, 6) is 2.07. The molecule has 1 aliphatic heterocycles. The molecule has 0 N–H and O–H groups in total. The third kappa shape index (κ3) is 4.99. The number of aromatic nitrogens is 2. The number of halogens is 1. The first kappa shape index (κ1) is 22.9. The summed E-state index contributed by atoms with van der Waals surface area (Å²) in [5, 5.41) is 0. The summed E-state index contributed by atoms with van der Waals surface area (Å²) in [6, 6.07) is 21.9. The van der Waals surface area contributed by atoms with Crippen LogP contribution in [-0.4, -0.2) is 35.7 Å². The summed E-state index contributed by atoms with van der Waals surface area (Å²) >= 11 is 0. The molecular formula is C28H28FN3O3. The van der Waals surface area contributed by atoms with E-state index in [1.807, 2.05) is 42.5 Å². The van der Waals surface area contributed by atoms with E-state index in [-0.39, 0.29) is 17.6 Å². The summed E-state index contributed by atoms with van der Waals surface area (Å²) in [6.07, 6.45) is 2.15. The van der Waals surface area contributed by atoms with Crippen molar-refractivity contribution < 1.29 is 18.7 Å². The second-order valence-electron chi connectivity index (χ2n) is 8.73. The molecule has 7 heteroatoms. The number of benzene rings is 3. The number of aryl methyl sites for hydroxylation is 1. The van der Waals surface area contributed by atoms with E-state index in [0.29, 0.717) is 25.3 Å². The smallest absolute Gasteiger partial charge is 0.227 e. The van der Waals surface area contributed by atoms with Crippen molar-refractivity contribution in [2.24, 2.45) is 0 Å². The minimum Gasteiger partial charge on any atom is -0.497 e. The molecule has 1 atom stereocenters. The maximum atomic E-state index is 13.7. The molecule has 0 radical (unpaired) electrons. The maximum Gasteiger partial charge on any atom is 0.227 e. The molecule has 0 saturated carbocycles. The van der Waals surface area contributed by atoms with Gasteiger partial charge in [-0.25, -0.2) is 9.37 Å². The zero-order valence-corrected chi connectivity index (χ0v) is 19.7. The van der Waals surface area contributed by atoms with E-state index in [2.05, 4.69) is 10.6 Å². The van der Waals surface area contributed by atoms with Crippen molar-refractivity contribution in [3.8, 4) is 11.5 Å². The number of para-hydroxylation sites is 2. The Morgan fingerprint density at radius 2 is 1.83 bits per heavy atom. The van der Waals surface area contributed by atoms with Crippen LogP contribution in [-0.2, 0) is 11.3 Å². The van der Waals surface area contributed by atoms with Gasteiger partial charge in [0.25, 0.3) is 0 Å². The number of amides is 1. The number of fused-ring (bicyclic) bond motifs is 1. The molecule has 1 saturated heterocycles. The predicted molar refractivity (Wildman–Crippen MR) is 134 cm³/mol. The highest BCUT2D eigenvalue weighted by Gasteiger charge is 2.34. The molecule has 1 fully saturated rings. The summed E-state index contributed by atoms with van der Waals surface area (Å²) < 4.78 is 27.1. The van der Waals surface area contributed by atoms with Crippen LogP contribution in [0.2, 0.25) is 0 Å². The molecule has 1 aromatic heterocycles. The van der Waals surface area contributed by atoms with Crippen molar-refractivity contribution in [3.05, 3.63) is 84.4 Å². The maximum absolute atomic E-state index is 13.7. The molecule has 1 aliphatic rings. The van der Waals surface area contributed by atoms with Gasteiger partial charge in [-0.1, -0.05) is 24.3 Å². The van der Waals surface area contributed by atoms with E-state index in [1.54, 1.807) is 24.1 Å². The van der Waals surface area contributed by atoms with Gasteiger partial charge < -0.3 is 18.9 Å². The lowest BCUT2D eigenvalue weighted by Gasteiger charge is -2.17. The number of rotatable bonds is 9. The van der Waals surface area contributed by atoms with Gasteiger partial charge in [0.15, 0.2) is 0 Å². The summed E-state index contributed by atoms with van der Waals surface area (Å²) in [5.41, 5.74) is 2.58. The fraction of sp³-hybridized carbons (Fsp3) is 0.286. The predicted octanol–water partition coefficient (Wildman–Crippen LogP) is 5.56. The average Bonchev–Trinajstić information content (AvgIpc) is 3.44. The zero-order chi connectivity index (χ0) is 24.2. The number of carbonyl (C=O) groups excluding carboxylic acids is 1. The Bertz CT molecular complexity index is 1340. The number of carbonyl (C=O) groups is 1. The van der Waals surface area contributed by atoms with Crippen LogP contribution < -0.4 is 14.4 Å². The Morgan fingerprint density at radius 3 is 2.69 bits per heavy atom. The molecule has 6 nitrogen and oxygen atoms in total. The molecule has 35 heavy (non-hydrogen) atoms. The van der Waals surface area contributed by atoms with E-state index in [1.165, 1.54) is 12.1 Å². The van der Waals surface area contributed by atoms with Gasteiger partial charge in [0, 0.05) is 37.2 Å². The molecule has 1 amide bonds. The summed E-state index contributed by atoms with van der Waals surface area (Å²) in [6.45, 7) is 1.87. The van der Waals surface area contributed by atoms with Crippen LogP contribution >= 0.6 is 0 Å². The lowest BCUT2D eigenvalue weighted by Crippen LogP contribution is -2.24. The van der Waals surface area contributed by atoms with Gasteiger partial charge in [-0.05, 0) is 55.3 Å². The lowest BCUT2D eigenvalue weighted by molar-refractivity contribution is -0.117. The highest BCUT2D eigenvalue weighted by atomic mass is 19.1. The average molecular weight is 474 g/mol. The van der Waals surface area contributed by atoms with Crippen LogP contribution in [0.1, 0.15) is 31.0 Å². The number of hydrogen-bond donors (Lipinski definition) is 0. The molecule has 1 unspecified atom stereocenters. The van der Waals surface area contributed by atoms with E-state index in [0.717, 1.165) is 47.7 Å². The SMILES string of the molecule is COc1cccc(OCCCCn2c(C3CC(=O)N(c4cccc(F)c4)C3)nc3ccccc32)c1. The molecule has 3 aromatic carbocycles. The molecule has 0 aliphatic carbocycles.